The van der Waals surface area contributed by atoms with Gasteiger partial charge in [0.2, 0.25) is 0 Å². The molecule has 0 bridgehead atoms. The van der Waals surface area contributed by atoms with E-state index in [4.69, 9.17) is 0 Å². The third-order valence-electron chi connectivity index (χ3n) is 3.62. The Labute approximate surface area is 86.1 Å². The lowest BCUT2D eigenvalue weighted by Gasteiger charge is -2.15. The van der Waals surface area contributed by atoms with Crippen LogP contribution in [0.15, 0.2) is 0 Å². The van der Waals surface area contributed by atoms with Crippen LogP contribution in [0.4, 0.5) is 0 Å². The minimum atomic E-state index is 0. The highest BCUT2D eigenvalue weighted by Gasteiger charge is 2.57. The average Bonchev–Trinajstić information content (AvgIpc) is 2.60. The highest BCUT2D eigenvalue weighted by Crippen LogP contribution is 2.67. The largest absolute Gasteiger partial charge is 0.0776 e. The third kappa shape index (κ3) is 2.48. The predicted molar refractivity (Wildman–Crippen MR) is 64.0 cm³/mol. The maximum Gasteiger partial charge on any atom is -0.0243 e. The van der Waals surface area contributed by atoms with E-state index in [1.54, 1.807) is 6.42 Å². The van der Waals surface area contributed by atoms with Gasteiger partial charge in [-0.3, -0.25) is 0 Å². The summed E-state index contributed by atoms with van der Waals surface area (Å²) in [6, 6.07) is 0. The molecule has 0 spiro atoms. The maximum absolute atomic E-state index is 2.39. The molecule has 2 saturated carbocycles. The van der Waals surface area contributed by atoms with E-state index in [0.717, 1.165) is 17.3 Å². The Morgan fingerprint density at radius 3 is 1.85 bits per heavy atom. The van der Waals surface area contributed by atoms with Gasteiger partial charge in [-0.05, 0) is 36.5 Å². The summed E-state index contributed by atoms with van der Waals surface area (Å²) in [5.41, 5.74) is 0.861. The van der Waals surface area contributed by atoms with E-state index in [2.05, 4.69) is 13.8 Å². The Morgan fingerprint density at radius 2 is 1.69 bits per heavy atom. The molecular formula is C13H30. The van der Waals surface area contributed by atoms with Crippen LogP contribution in [-0.4, -0.2) is 0 Å². The van der Waals surface area contributed by atoms with Crippen LogP contribution in [0.5, 0.6) is 0 Å². The Bertz CT molecular complexity index is 122. The summed E-state index contributed by atoms with van der Waals surface area (Å²) < 4.78 is 0. The highest BCUT2D eigenvalue weighted by atomic mass is 14.6. The second-order valence-electron chi connectivity index (χ2n) is 4.18. The van der Waals surface area contributed by atoms with Gasteiger partial charge in [-0.25, -0.2) is 0 Å². The first-order valence-corrected chi connectivity index (χ1v) is 5.26. The van der Waals surface area contributed by atoms with Crippen molar-refractivity contribution in [3.05, 3.63) is 0 Å². The quantitative estimate of drug-likeness (QED) is 0.532. The molecule has 0 aromatic rings. The molecule has 0 nitrogen and oxygen atoms in total. The van der Waals surface area contributed by atoms with Gasteiger partial charge >= 0.3 is 0 Å². The lowest BCUT2D eigenvalue weighted by molar-refractivity contribution is 0.343. The van der Waals surface area contributed by atoms with E-state index in [1.165, 1.54) is 19.3 Å². The molecular weight excluding hydrogens is 156 g/mol. The molecule has 2 aliphatic carbocycles. The van der Waals surface area contributed by atoms with E-state index in [9.17, 15) is 0 Å². The van der Waals surface area contributed by atoms with Crippen LogP contribution >= 0.6 is 0 Å². The van der Waals surface area contributed by atoms with Gasteiger partial charge < -0.3 is 0 Å². The molecule has 2 atom stereocenters. The van der Waals surface area contributed by atoms with Crippen molar-refractivity contribution in [2.75, 3.05) is 0 Å². The van der Waals surface area contributed by atoms with Crippen LogP contribution in [-0.2, 0) is 0 Å². The fourth-order valence-corrected chi connectivity index (χ4v) is 2.77. The zero-order valence-electron chi connectivity index (χ0n) is 8.48. The highest BCUT2D eigenvalue weighted by molar-refractivity contribution is 5.07. The van der Waals surface area contributed by atoms with Crippen LogP contribution in [0.25, 0.3) is 0 Å². The van der Waals surface area contributed by atoms with Crippen molar-refractivity contribution in [1.82, 2.24) is 0 Å². The molecule has 0 heteroatoms. The molecule has 0 aliphatic heterocycles. The van der Waals surface area contributed by atoms with Gasteiger partial charge in [0.15, 0.2) is 0 Å². The van der Waals surface area contributed by atoms with Gasteiger partial charge in [0, 0.05) is 0 Å². The lowest BCUT2D eigenvalue weighted by atomic mass is 9.90. The molecule has 0 heterocycles. The second kappa shape index (κ2) is 5.67. The lowest BCUT2D eigenvalue weighted by Crippen LogP contribution is -2.07. The summed E-state index contributed by atoms with van der Waals surface area (Å²) in [6.07, 6.45) is 6.15. The average molecular weight is 186 g/mol. The Kier molecular flexibility index (Phi) is 6.75. The van der Waals surface area contributed by atoms with Crippen LogP contribution in [0.3, 0.4) is 0 Å². The zero-order valence-corrected chi connectivity index (χ0v) is 8.48. The fourth-order valence-electron chi connectivity index (χ4n) is 2.77. The minimum absolute atomic E-state index is 0. The summed E-state index contributed by atoms with van der Waals surface area (Å²) in [7, 11) is 0. The first kappa shape index (κ1) is 15.5. The van der Waals surface area contributed by atoms with Gasteiger partial charge in [0.05, 0.1) is 0 Å². The van der Waals surface area contributed by atoms with E-state index in [1.807, 2.05) is 13.8 Å². The molecule has 0 saturated heterocycles. The first-order valence-electron chi connectivity index (χ1n) is 5.26. The Hall–Kier alpha value is 0. The van der Waals surface area contributed by atoms with Gasteiger partial charge in [-0.1, -0.05) is 49.0 Å². The van der Waals surface area contributed by atoms with Crippen LogP contribution in [0.1, 0.15) is 68.2 Å². The summed E-state index contributed by atoms with van der Waals surface area (Å²) in [6.45, 7) is 8.79. The Morgan fingerprint density at radius 1 is 1.15 bits per heavy atom. The Balaban J connectivity index is 0. The summed E-state index contributed by atoms with van der Waals surface area (Å²) >= 11 is 0. The molecule has 82 valence electrons. The summed E-state index contributed by atoms with van der Waals surface area (Å²) in [4.78, 5) is 0. The maximum atomic E-state index is 2.39. The number of hydrogen-bond donors (Lipinski definition) is 0. The van der Waals surface area contributed by atoms with Crippen molar-refractivity contribution in [3.8, 4) is 0 Å². The fraction of sp³-hybridized carbons (Fsp3) is 1.00. The molecule has 0 N–H and O–H groups in total. The number of rotatable bonds is 1. The minimum Gasteiger partial charge on any atom is -0.0776 e. The van der Waals surface area contributed by atoms with Crippen molar-refractivity contribution in [3.63, 3.8) is 0 Å². The van der Waals surface area contributed by atoms with Crippen molar-refractivity contribution < 1.29 is 0 Å². The van der Waals surface area contributed by atoms with Crippen molar-refractivity contribution in [2.24, 2.45) is 17.3 Å². The van der Waals surface area contributed by atoms with Crippen molar-refractivity contribution in [1.29, 1.82) is 0 Å². The van der Waals surface area contributed by atoms with Gasteiger partial charge in [0.1, 0.15) is 0 Å². The van der Waals surface area contributed by atoms with Crippen LogP contribution in [0.2, 0.25) is 0 Å². The van der Waals surface area contributed by atoms with Gasteiger partial charge in [-0.15, -0.1) is 0 Å². The standard InChI is InChI=1S/C9H16.C2H6.2CH4/c1-7(2)9-5-3-4-8(9)6-9;1-2;;/h7-8H,3-6H2,1-2H3;1-2H3;2*1H4. The van der Waals surface area contributed by atoms with E-state index in [-0.39, 0.29) is 14.9 Å². The smallest absolute Gasteiger partial charge is 0.0243 e. The van der Waals surface area contributed by atoms with Crippen LogP contribution in [0, 0.1) is 17.3 Å². The van der Waals surface area contributed by atoms with E-state index < -0.39 is 0 Å². The molecule has 0 radical (unpaired) electrons. The topological polar surface area (TPSA) is 0 Å². The van der Waals surface area contributed by atoms with Crippen LogP contribution < -0.4 is 0 Å². The molecule has 2 fully saturated rings. The predicted octanol–water partition coefficient (Wildman–Crippen LogP) is 5.13. The number of hydrogen-bond acceptors (Lipinski definition) is 0. The molecule has 13 heavy (non-hydrogen) atoms. The summed E-state index contributed by atoms with van der Waals surface area (Å²) in [5.74, 6) is 2.11. The second-order valence-corrected chi connectivity index (χ2v) is 4.18. The van der Waals surface area contributed by atoms with E-state index >= 15 is 0 Å². The van der Waals surface area contributed by atoms with E-state index in [0.29, 0.717) is 0 Å². The van der Waals surface area contributed by atoms with Gasteiger partial charge in [-0.2, -0.15) is 0 Å². The SMILES string of the molecule is C.C.CC.CC(C)C12CCCC1C2. The van der Waals surface area contributed by atoms with Crippen molar-refractivity contribution >= 4 is 0 Å². The van der Waals surface area contributed by atoms with Gasteiger partial charge in [0.25, 0.3) is 0 Å². The van der Waals surface area contributed by atoms with Crippen molar-refractivity contribution in [2.45, 2.75) is 68.2 Å². The summed E-state index contributed by atoms with van der Waals surface area (Å²) in [5, 5.41) is 0. The molecule has 0 aromatic carbocycles. The first-order chi connectivity index (χ1) is 5.26. The molecule has 2 rings (SSSR count). The molecule has 0 amide bonds. The normalized spacial score (nSPS) is 33.5. The molecule has 2 unspecified atom stereocenters. The molecule has 0 aromatic heterocycles. The number of fused-ring (bicyclic) bond motifs is 1. The third-order valence-corrected chi connectivity index (χ3v) is 3.62. The monoisotopic (exact) mass is 186 g/mol. The molecule has 2 aliphatic rings. The zero-order chi connectivity index (χ0) is 8.48.